The molecular formula is C21H19ClF3N3O3S. The van der Waals surface area contributed by atoms with Gasteiger partial charge in [-0.25, -0.2) is 17.9 Å². The standard InChI is InChI=1S/C21H19ClF3N3O3S/c1-12(2)32(30,31)26-11-13-3-8-17(22)16(9-13)19-10-18(27-20(29)28-19)14-4-6-15(7-5-14)21(23,24)25/h3-10,12,26H,11H2,1-2H3,(H,27,28,29). The number of hydrogen-bond acceptors (Lipinski definition) is 4. The number of nitrogens with one attached hydrogen (secondary N) is 2. The molecule has 0 aliphatic carbocycles. The van der Waals surface area contributed by atoms with Crippen molar-refractivity contribution in [2.75, 3.05) is 0 Å². The number of benzene rings is 2. The second kappa shape index (κ2) is 9.05. The fourth-order valence-corrected chi connectivity index (χ4v) is 3.74. The van der Waals surface area contributed by atoms with Crippen molar-refractivity contribution in [2.45, 2.75) is 31.8 Å². The Kier molecular flexibility index (Phi) is 6.77. The molecule has 0 amide bonds. The van der Waals surface area contributed by atoms with Crippen LogP contribution in [0.25, 0.3) is 22.5 Å². The fourth-order valence-electron chi connectivity index (χ4n) is 2.82. The van der Waals surface area contributed by atoms with Gasteiger partial charge in [0, 0.05) is 22.7 Å². The van der Waals surface area contributed by atoms with E-state index in [4.69, 9.17) is 11.6 Å². The summed E-state index contributed by atoms with van der Waals surface area (Å²) in [7, 11) is -3.48. The van der Waals surface area contributed by atoms with Crippen molar-refractivity contribution in [3.05, 3.63) is 75.2 Å². The molecule has 0 bridgehead atoms. The molecule has 32 heavy (non-hydrogen) atoms. The number of aromatic amines is 1. The number of aromatic nitrogens is 2. The van der Waals surface area contributed by atoms with Crippen LogP contribution in [0.4, 0.5) is 13.2 Å². The summed E-state index contributed by atoms with van der Waals surface area (Å²) >= 11 is 6.29. The van der Waals surface area contributed by atoms with Gasteiger partial charge in [-0.15, -0.1) is 0 Å². The molecule has 0 atom stereocenters. The van der Waals surface area contributed by atoms with Crippen LogP contribution in [0.5, 0.6) is 0 Å². The smallest absolute Gasteiger partial charge is 0.305 e. The third kappa shape index (κ3) is 5.56. The van der Waals surface area contributed by atoms with Gasteiger partial charge in [-0.3, -0.25) is 0 Å². The second-order valence-corrected chi connectivity index (χ2v) is 10.0. The molecule has 0 unspecified atom stereocenters. The van der Waals surface area contributed by atoms with E-state index in [9.17, 15) is 26.4 Å². The average Bonchev–Trinajstić information content (AvgIpc) is 2.72. The summed E-state index contributed by atoms with van der Waals surface area (Å²) in [5, 5.41) is -0.308. The maximum absolute atomic E-state index is 12.8. The van der Waals surface area contributed by atoms with E-state index in [-0.39, 0.29) is 12.2 Å². The van der Waals surface area contributed by atoms with Crippen molar-refractivity contribution in [1.82, 2.24) is 14.7 Å². The molecular weight excluding hydrogens is 467 g/mol. The molecule has 0 fully saturated rings. The molecule has 0 saturated heterocycles. The van der Waals surface area contributed by atoms with Crippen molar-refractivity contribution >= 4 is 21.6 Å². The van der Waals surface area contributed by atoms with Crippen LogP contribution in [-0.2, 0) is 22.7 Å². The van der Waals surface area contributed by atoms with Gasteiger partial charge >= 0.3 is 11.9 Å². The number of hydrogen-bond donors (Lipinski definition) is 2. The van der Waals surface area contributed by atoms with Gasteiger partial charge in [-0.2, -0.15) is 18.2 Å². The maximum Gasteiger partial charge on any atom is 0.416 e. The first-order chi connectivity index (χ1) is 14.9. The summed E-state index contributed by atoms with van der Waals surface area (Å²) in [6.45, 7) is 3.13. The van der Waals surface area contributed by atoms with Crippen LogP contribution in [0.15, 0.2) is 53.3 Å². The highest BCUT2D eigenvalue weighted by Crippen LogP contribution is 2.32. The van der Waals surface area contributed by atoms with E-state index in [0.717, 1.165) is 12.1 Å². The Bertz CT molecular complexity index is 1290. The lowest BCUT2D eigenvalue weighted by atomic mass is 10.0. The van der Waals surface area contributed by atoms with E-state index in [1.165, 1.54) is 18.2 Å². The van der Waals surface area contributed by atoms with Gasteiger partial charge in [0.25, 0.3) is 0 Å². The Hall–Kier alpha value is -2.69. The maximum atomic E-state index is 12.8. The zero-order valence-electron chi connectivity index (χ0n) is 17.0. The second-order valence-electron chi connectivity index (χ2n) is 7.29. The first kappa shape index (κ1) is 24.0. The molecule has 0 aliphatic heterocycles. The quantitative estimate of drug-likeness (QED) is 0.533. The van der Waals surface area contributed by atoms with E-state index in [2.05, 4.69) is 14.7 Å². The van der Waals surface area contributed by atoms with Gasteiger partial charge in [-0.1, -0.05) is 29.8 Å². The van der Waals surface area contributed by atoms with Crippen molar-refractivity contribution in [3.63, 3.8) is 0 Å². The molecule has 3 rings (SSSR count). The average molecular weight is 486 g/mol. The van der Waals surface area contributed by atoms with E-state index >= 15 is 0 Å². The largest absolute Gasteiger partial charge is 0.416 e. The Morgan fingerprint density at radius 3 is 2.34 bits per heavy atom. The van der Waals surface area contributed by atoms with Gasteiger partial charge < -0.3 is 4.98 Å². The molecule has 6 nitrogen and oxygen atoms in total. The number of halogens is 4. The van der Waals surface area contributed by atoms with Gasteiger partial charge in [0.1, 0.15) is 0 Å². The minimum absolute atomic E-state index is 0.0196. The summed E-state index contributed by atoms with van der Waals surface area (Å²) in [6, 6.07) is 10.6. The number of nitrogens with zero attached hydrogens (tertiary/aromatic N) is 1. The minimum atomic E-state index is -4.48. The van der Waals surface area contributed by atoms with Crippen molar-refractivity contribution in [1.29, 1.82) is 0 Å². The summed E-state index contributed by atoms with van der Waals surface area (Å²) in [5.74, 6) is 0. The lowest BCUT2D eigenvalue weighted by molar-refractivity contribution is -0.137. The zero-order chi connectivity index (χ0) is 23.7. The Balaban J connectivity index is 1.97. The number of alkyl halides is 3. The summed E-state index contributed by atoms with van der Waals surface area (Å²) in [4.78, 5) is 18.5. The van der Waals surface area contributed by atoms with Gasteiger partial charge in [0.2, 0.25) is 10.0 Å². The molecule has 170 valence electrons. The SMILES string of the molecule is CC(C)S(=O)(=O)NCc1ccc(Cl)c(-c2cc(-c3ccc(C(F)(F)F)cc3)nc(=O)[nH]2)c1. The van der Waals surface area contributed by atoms with Crippen LogP contribution in [0, 0.1) is 0 Å². The molecule has 0 spiro atoms. The van der Waals surface area contributed by atoms with E-state index in [1.54, 1.807) is 32.0 Å². The fraction of sp³-hybridized carbons (Fsp3) is 0.238. The van der Waals surface area contributed by atoms with E-state index in [0.29, 0.717) is 27.4 Å². The molecule has 1 heterocycles. The highest BCUT2D eigenvalue weighted by atomic mass is 35.5. The number of H-pyrrole nitrogens is 1. The van der Waals surface area contributed by atoms with Crippen LogP contribution in [0.1, 0.15) is 25.0 Å². The van der Waals surface area contributed by atoms with Gasteiger partial charge in [0.15, 0.2) is 0 Å². The van der Waals surface area contributed by atoms with Crippen molar-refractivity contribution < 1.29 is 21.6 Å². The van der Waals surface area contributed by atoms with E-state index < -0.39 is 32.7 Å². The summed E-state index contributed by atoms with van der Waals surface area (Å²) in [6.07, 6.45) is -4.48. The number of rotatable bonds is 6. The lowest BCUT2D eigenvalue weighted by Gasteiger charge is -2.12. The molecule has 1 aromatic heterocycles. The third-order valence-electron chi connectivity index (χ3n) is 4.67. The van der Waals surface area contributed by atoms with Crippen LogP contribution in [-0.4, -0.2) is 23.6 Å². The van der Waals surface area contributed by atoms with E-state index in [1.807, 2.05) is 0 Å². The normalized spacial score (nSPS) is 12.3. The highest BCUT2D eigenvalue weighted by molar-refractivity contribution is 7.90. The number of sulfonamides is 1. The Morgan fingerprint density at radius 1 is 1.09 bits per heavy atom. The predicted octanol–water partition coefficient (Wildman–Crippen LogP) is 4.60. The molecule has 0 radical (unpaired) electrons. The molecule has 0 saturated carbocycles. The summed E-state index contributed by atoms with van der Waals surface area (Å²) in [5.41, 5.74) is 0.272. The first-order valence-corrected chi connectivity index (χ1v) is 11.4. The lowest BCUT2D eigenvalue weighted by Crippen LogP contribution is -2.30. The van der Waals surface area contributed by atoms with Crippen molar-refractivity contribution in [3.8, 4) is 22.5 Å². The predicted molar refractivity (Wildman–Crippen MR) is 117 cm³/mol. The van der Waals surface area contributed by atoms with Crippen LogP contribution >= 0.6 is 11.6 Å². The van der Waals surface area contributed by atoms with Crippen LogP contribution in [0.3, 0.4) is 0 Å². The minimum Gasteiger partial charge on any atom is -0.305 e. The highest BCUT2D eigenvalue weighted by Gasteiger charge is 2.30. The van der Waals surface area contributed by atoms with Crippen molar-refractivity contribution in [2.24, 2.45) is 0 Å². The molecule has 11 heteroatoms. The summed E-state index contributed by atoms with van der Waals surface area (Å²) < 4.78 is 64.9. The molecule has 2 aromatic carbocycles. The molecule has 2 N–H and O–H groups in total. The Morgan fingerprint density at radius 2 is 1.75 bits per heavy atom. The molecule has 0 aliphatic rings. The topological polar surface area (TPSA) is 91.9 Å². The van der Waals surface area contributed by atoms with Crippen LogP contribution in [0.2, 0.25) is 5.02 Å². The Labute approximate surface area is 187 Å². The monoisotopic (exact) mass is 485 g/mol. The van der Waals surface area contributed by atoms with Crippen LogP contribution < -0.4 is 10.4 Å². The van der Waals surface area contributed by atoms with Gasteiger partial charge in [0.05, 0.1) is 22.2 Å². The zero-order valence-corrected chi connectivity index (χ0v) is 18.6. The van der Waals surface area contributed by atoms with Gasteiger partial charge in [-0.05, 0) is 49.7 Å². The molecule has 3 aromatic rings. The third-order valence-corrected chi connectivity index (χ3v) is 6.79. The first-order valence-electron chi connectivity index (χ1n) is 9.43.